The van der Waals surface area contributed by atoms with Crippen molar-refractivity contribution in [1.29, 1.82) is 0 Å². The first-order valence-electron chi connectivity index (χ1n) is 6.10. The molecule has 0 aliphatic rings. The first-order valence-corrected chi connectivity index (χ1v) is 6.47. The number of halogens is 1. The van der Waals surface area contributed by atoms with Gasteiger partial charge in [0.15, 0.2) is 0 Å². The third-order valence-corrected chi connectivity index (χ3v) is 3.29. The molecule has 0 saturated heterocycles. The van der Waals surface area contributed by atoms with Crippen LogP contribution in [0.4, 0.5) is 11.4 Å². The third kappa shape index (κ3) is 5.06. The Hall–Kier alpha value is -1.30. The van der Waals surface area contributed by atoms with Gasteiger partial charge >= 0.3 is 0 Å². The Morgan fingerprint density at radius 1 is 1.58 bits per heavy atom. The minimum Gasteiger partial charge on any atom is -0.399 e. The Kier molecular flexibility index (Phi) is 6.08. The molecule has 19 heavy (non-hydrogen) atoms. The highest BCUT2D eigenvalue weighted by Gasteiger charge is 2.11. The summed E-state index contributed by atoms with van der Waals surface area (Å²) in [7, 11) is 1.87. The number of amides is 1. The minimum atomic E-state index is -0.122. The van der Waals surface area contributed by atoms with Crippen LogP contribution in [0.3, 0.4) is 0 Å². The van der Waals surface area contributed by atoms with Crippen LogP contribution in [0.5, 0.6) is 0 Å². The molecule has 1 aromatic carbocycles. The summed E-state index contributed by atoms with van der Waals surface area (Å²) in [5.41, 5.74) is 6.69. The van der Waals surface area contributed by atoms with E-state index >= 15 is 0 Å². The molecule has 4 N–H and O–H groups in total. The van der Waals surface area contributed by atoms with E-state index in [0.29, 0.717) is 29.4 Å². The highest BCUT2D eigenvalue weighted by molar-refractivity contribution is 6.34. The van der Waals surface area contributed by atoms with E-state index in [1.54, 1.807) is 18.2 Å². The zero-order valence-corrected chi connectivity index (χ0v) is 11.9. The van der Waals surface area contributed by atoms with Crippen molar-refractivity contribution in [3.8, 4) is 0 Å². The number of aliphatic hydroxyl groups is 1. The Bertz CT molecular complexity index is 440. The number of benzene rings is 1. The number of likely N-dealkylation sites (N-methyl/N-ethyl adjacent to an activating group) is 1. The van der Waals surface area contributed by atoms with Crippen LogP contribution in [0.15, 0.2) is 18.2 Å². The number of nitrogens with zero attached hydrogens (tertiary/aromatic N) is 1. The number of aliphatic hydroxyl groups excluding tert-OH is 1. The highest BCUT2D eigenvalue weighted by atomic mass is 35.5. The number of hydrogen-bond donors (Lipinski definition) is 3. The molecule has 1 rings (SSSR count). The average Bonchev–Trinajstić information content (AvgIpc) is 2.38. The maximum absolute atomic E-state index is 11.8. The zero-order chi connectivity index (χ0) is 14.4. The van der Waals surface area contributed by atoms with Crippen LogP contribution in [0.2, 0.25) is 5.02 Å². The molecule has 0 aliphatic carbocycles. The van der Waals surface area contributed by atoms with Gasteiger partial charge in [-0.2, -0.15) is 0 Å². The minimum absolute atomic E-state index is 0.0351. The number of nitrogens with one attached hydrogen (secondary N) is 1. The van der Waals surface area contributed by atoms with Gasteiger partial charge in [0.1, 0.15) is 0 Å². The van der Waals surface area contributed by atoms with Gasteiger partial charge in [0.05, 0.1) is 17.3 Å². The summed E-state index contributed by atoms with van der Waals surface area (Å²) < 4.78 is 0. The molecule has 0 heterocycles. The van der Waals surface area contributed by atoms with Crippen molar-refractivity contribution < 1.29 is 9.90 Å². The molecule has 1 amide bonds. The van der Waals surface area contributed by atoms with Gasteiger partial charge in [0.2, 0.25) is 5.91 Å². The molecular weight excluding hydrogens is 266 g/mol. The largest absolute Gasteiger partial charge is 0.399 e. The van der Waals surface area contributed by atoms with E-state index in [2.05, 4.69) is 5.32 Å². The van der Waals surface area contributed by atoms with Crippen molar-refractivity contribution >= 4 is 28.9 Å². The van der Waals surface area contributed by atoms with Gasteiger partial charge in [0, 0.05) is 24.7 Å². The van der Waals surface area contributed by atoms with Crippen molar-refractivity contribution in [3.63, 3.8) is 0 Å². The lowest BCUT2D eigenvalue weighted by Gasteiger charge is -2.22. The fourth-order valence-corrected chi connectivity index (χ4v) is 1.72. The molecule has 106 valence electrons. The number of rotatable bonds is 6. The molecule has 0 spiro atoms. The van der Waals surface area contributed by atoms with E-state index in [1.807, 2.05) is 18.9 Å². The highest BCUT2D eigenvalue weighted by Crippen LogP contribution is 2.24. The van der Waals surface area contributed by atoms with Crippen molar-refractivity contribution in [2.45, 2.75) is 19.4 Å². The number of nitrogens with two attached hydrogens (primary N) is 1. The van der Waals surface area contributed by atoms with Gasteiger partial charge in [-0.15, -0.1) is 0 Å². The number of nitrogen functional groups attached to an aromatic ring is 1. The van der Waals surface area contributed by atoms with Crippen LogP contribution in [-0.4, -0.2) is 42.2 Å². The zero-order valence-electron chi connectivity index (χ0n) is 11.2. The fourth-order valence-electron chi connectivity index (χ4n) is 1.48. The molecule has 0 bridgehead atoms. The topological polar surface area (TPSA) is 78.6 Å². The number of carbonyl (C=O) groups excluding carboxylic acids is 1. The second kappa shape index (κ2) is 7.33. The average molecular weight is 286 g/mol. The summed E-state index contributed by atoms with van der Waals surface area (Å²) in [4.78, 5) is 13.7. The van der Waals surface area contributed by atoms with E-state index in [1.165, 1.54) is 0 Å². The van der Waals surface area contributed by atoms with E-state index < -0.39 is 0 Å². The number of hydrogen-bond acceptors (Lipinski definition) is 4. The maximum atomic E-state index is 11.8. The van der Waals surface area contributed by atoms with Crippen molar-refractivity contribution in [3.05, 3.63) is 23.2 Å². The Morgan fingerprint density at radius 3 is 2.84 bits per heavy atom. The van der Waals surface area contributed by atoms with Gasteiger partial charge in [-0.05, 0) is 32.2 Å². The molecular formula is C13H20ClN3O2. The van der Waals surface area contributed by atoms with Gasteiger partial charge in [-0.1, -0.05) is 11.6 Å². The number of carbonyl (C=O) groups is 1. The summed E-state index contributed by atoms with van der Waals surface area (Å²) in [5.74, 6) is -0.122. The van der Waals surface area contributed by atoms with Gasteiger partial charge in [-0.25, -0.2) is 0 Å². The van der Waals surface area contributed by atoms with Crippen molar-refractivity contribution in [2.75, 3.05) is 31.2 Å². The van der Waals surface area contributed by atoms with E-state index in [0.717, 1.165) is 0 Å². The van der Waals surface area contributed by atoms with Crippen LogP contribution < -0.4 is 11.1 Å². The second-order valence-electron chi connectivity index (χ2n) is 4.55. The fraction of sp³-hybridized carbons (Fsp3) is 0.462. The van der Waals surface area contributed by atoms with Gasteiger partial charge in [0.25, 0.3) is 0 Å². The summed E-state index contributed by atoms with van der Waals surface area (Å²) in [6.45, 7) is 2.54. The second-order valence-corrected chi connectivity index (χ2v) is 4.96. The maximum Gasteiger partial charge on any atom is 0.225 e. The molecule has 0 aliphatic heterocycles. The lowest BCUT2D eigenvalue weighted by Crippen LogP contribution is -2.34. The normalized spacial score (nSPS) is 12.5. The predicted molar refractivity (Wildman–Crippen MR) is 78.3 cm³/mol. The molecule has 1 aromatic rings. The van der Waals surface area contributed by atoms with E-state index in [4.69, 9.17) is 22.4 Å². The lowest BCUT2D eigenvalue weighted by molar-refractivity contribution is -0.116. The standard InChI is InChI=1S/C13H20ClN3O2/c1-9(8-18)17(2)6-5-13(19)16-12-4-3-10(15)7-11(12)14/h3-4,7,9,18H,5-6,8,15H2,1-2H3,(H,16,19). The Morgan fingerprint density at radius 2 is 2.26 bits per heavy atom. The van der Waals surface area contributed by atoms with Crippen LogP contribution in [0.1, 0.15) is 13.3 Å². The molecule has 0 saturated carbocycles. The van der Waals surface area contributed by atoms with Crippen LogP contribution >= 0.6 is 11.6 Å². The lowest BCUT2D eigenvalue weighted by atomic mass is 10.2. The summed E-state index contributed by atoms with van der Waals surface area (Å²) in [5, 5.41) is 12.2. The smallest absolute Gasteiger partial charge is 0.225 e. The van der Waals surface area contributed by atoms with Crippen molar-refractivity contribution in [2.24, 2.45) is 0 Å². The molecule has 6 heteroatoms. The van der Waals surface area contributed by atoms with Gasteiger partial charge in [-0.3, -0.25) is 4.79 Å². The SMILES string of the molecule is CC(CO)N(C)CCC(=O)Nc1ccc(N)cc1Cl. The molecule has 1 atom stereocenters. The number of anilines is 2. The Labute approximate surface area is 118 Å². The van der Waals surface area contributed by atoms with Crippen LogP contribution in [-0.2, 0) is 4.79 Å². The molecule has 5 nitrogen and oxygen atoms in total. The Balaban J connectivity index is 2.47. The molecule has 0 fully saturated rings. The van der Waals surface area contributed by atoms with Crippen LogP contribution in [0, 0.1) is 0 Å². The summed E-state index contributed by atoms with van der Waals surface area (Å²) in [6.07, 6.45) is 0.335. The van der Waals surface area contributed by atoms with Crippen molar-refractivity contribution in [1.82, 2.24) is 4.90 Å². The molecule has 1 unspecified atom stereocenters. The first-order chi connectivity index (χ1) is 8.93. The summed E-state index contributed by atoms with van der Waals surface area (Å²) >= 11 is 5.97. The monoisotopic (exact) mass is 285 g/mol. The quantitative estimate of drug-likeness (QED) is 0.693. The first kappa shape index (κ1) is 15.8. The third-order valence-electron chi connectivity index (χ3n) is 2.98. The van der Waals surface area contributed by atoms with Crippen LogP contribution in [0.25, 0.3) is 0 Å². The molecule has 0 aromatic heterocycles. The van der Waals surface area contributed by atoms with E-state index in [-0.39, 0.29) is 18.6 Å². The summed E-state index contributed by atoms with van der Waals surface area (Å²) in [6, 6.07) is 4.99. The van der Waals surface area contributed by atoms with Gasteiger partial charge < -0.3 is 21.1 Å². The predicted octanol–water partition coefficient (Wildman–Crippen LogP) is 1.56. The van der Waals surface area contributed by atoms with E-state index in [9.17, 15) is 4.79 Å². The molecule has 0 radical (unpaired) electrons.